The number of phenolic OH excluding ortho intramolecular Hbond substituents is 1. The second kappa shape index (κ2) is 3.09. The van der Waals surface area contributed by atoms with Gasteiger partial charge in [-0.2, -0.15) is 0 Å². The third-order valence-corrected chi connectivity index (χ3v) is 2.23. The maximum absolute atomic E-state index is 9.55. The molecule has 0 bridgehead atoms. The zero-order valence-electron chi connectivity index (χ0n) is 7.54. The lowest BCUT2D eigenvalue weighted by molar-refractivity contribution is 0.468. The summed E-state index contributed by atoms with van der Waals surface area (Å²) in [5.74, 6) is 0.279. The lowest BCUT2D eigenvalue weighted by atomic mass is 10.0. The van der Waals surface area contributed by atoms with Gasteiger partial charge in [0.15, 0.2) is 0 Å². The highest BCUT2D eigenvalue weighted by atomic mass is 16.3. The van der Waals surface area contributed by atoms with E-state index in [1.807, 2.05) is 37.3 Å². The first-order valence-corrected chi connectivity index (χ1v) is 4.44. The number of rotatable bonds is 1. The smallest absolute Gasteiger partial charge is 0.127 e. The molecule has 0 spiro atoms. The molecule has 13 heavy (non-hydrogen) atoms. The number of fused-ring (bicyclic) bond motifs is 1. The number of hydrogen-bond donors (Lipinski definition) is 1. The molecule has 0 fully saturated rings. The molecule has 0 amide bonds. The van der Waals surface area contributed by atoms with Crippen molar-refractivity contribution in [1.29, 1.82) is 0 Å². The molecule has 0 aliphatic rings. The fraction of sp³-hybridized carbons (Fsp3) is 0.167. The monoisotopic (exact) mass is 171 g/mol. The number of hydrogen-bond acceptors (Lipinski definition) is 1. The summed E-state index contributed by atoms with van der Waals surface area (Å²) in [6, 6.07) is 12.9. The molecule has 0 unspecified atom stereocenters. The molecular formula is C12H11O. The molecule has 0 atom stereocenters. The molecule has 1 heteroatoms. The summed E-state index contributed by atoms with van der Waals surface area (Å²) in [6.07, 6.45) is 0.840. The quantitative estimate of drug-likeness (QED) is 0.699. The van der Waals surface area contributed by atoms with E-state index in [0.717, 1.165) is 22.8 Å². The largest absolute Gasteiger partial charge is 0.507 e. The van der Waals surface area contributed by atoms with Crippen molar-refractivity contribution in [2.45, 2.75) is 13.3 Å². The van der Waals surface area contributed by atoms with Crippen LogP contribution in [0.1, 0.15) is 12.5 Å². The van der Waals surface area contributed by atoms with Gasteiger partial charge in [-0.3, -0.25) is 0 Å². The van der Waals surface area contributed by atoms with Gasteiger partial charge in [0.2, 0.25) is 0 Å². The van der Waals surface area contributed by atoms with Gasteiger partial charge < -0.3 is 5.11 Å². The first-order chi connectivity index (χ1) is 6.31. The SMILES string of the molecule is CCc1cc2ccccc2[c]c1O. The second-order valence-electron chi connectivity index (χ2n) is 3.08. The molecule has 0 saturated carbocycles. The van der Waals surface area contributed by atoms with E-state index in [1.54, 1.807) is 0 Å². The Balaban J connectivity index is 2.74. The first kappa shape index (κ1) is 8.11. The highest BCUT2D eigenvalue weighted by molar-refractivity contribution is 5.84. The Labute approximate surface area is 77.6 Å². The maximum atomic E-state index is 9.55. The summed E-state index contributed by atoms with van der Waals surface area (Å²) in [7, 11) is 0. The van der Waals surface area contributed by atoms with E-state index in [1.165, 1.54) is 0 Å². The van der Waals surface area contributed by atoms with Crippen molar-refractivity contribution in [2.24, 2.45) is 0 Å². The highest BCUT2D eigenvalue weighted by Gasteiger charge is 2.01. The van der Waals surface area contributed by atoms with Crippen molar-refractivity contribution in [3.05, 3.63) is 42.0 Å². The van der Waals surface area contributed by atoms with Gasteiger partial charge in [0.05, 0.1) is 0 Å². The van der Waals surface area contributed by atoms with Crippen LogP contribution < -0.4 is 0 Å². The molecule has 0 aliphatic heterocycles. The van der Waals surface area contributed by atoms with Crippen LogP contribution in [0.25, 0.3) is 10.8 Å². The van der Waals surface area contributed by atoms with Crippen LogP contribution in [0.15, 0.2) is 30.3 Å². The fourth-order valence-electron chi connectivity index (χ4n) is 1.47. The van der Waals surface area contributed by atoms with Crippen molar-refractivity contribution in [2.75, 3.05) is 0 Å². The van der Waals surface area contributed by atoms with E-state index >= 15 is 0 Å². The fourth-order valence-corrected chi connectivity index (χ4v) is 1.47. The van der Waals surface area contributed by atoms with E-state index in [0.29, 0.717) is 0 Å². The van der Waals surface area contributed by atoms with Crippen molar-refractivity contribution in [3.8, 4) is 5.75 Å². The Morgan fingerprint density at radius 1 is 1.31 bits per heavy atom. The summed E-state index contributed by atoms with van der Waals surface area (Å²) in [6.45, 7) is 2.03. The lowest BCUT2D eigenvalue weighted by Gasteiger charge is -2.03. The minimum Gasteiger partial charge on any atom is -0.507 e. The normalized spacial score (nSPS) is 10.5. The lowest BCUT2D eigenvalue weighted by Crippen LogP contribution is -1.82. The summed E-state index contributed by atoms with van der Waals surface area (Å²) in [4.78, 5) is 0. The van der Waals surface area contributed by atoms with Gasteiger partial charge in [0.25, 0.3) is 0 Å². The van der Waals surface area contributed by atoms with Gasteiger partial charge in [0.1, 0.15) is 5.75 Å². The standard InChI is InChI=1S/C12H11O/c1-2-9-7-10-5-3-4-6-11(10)8-12(9)13/h3-7,13H,2H2,1H3. The molecule has 0 heterocycles. The van der Waals surface area contributed by atoms with Crippen LogP contribution in [0.3, 0.4) is 0 Å². The third-order valence-electron chi connectivity index (χ3n) is 2.23. The Kier molecular flexibility index (Phi) is 1.93. The summed E-state index contributed by atoms with van der Waals surface area (Å²) >= 11 is 0. The number of aryl methyl sites for hydroxylation is 1. The van der Waals surface area contributed by atoms with Gasteiger partial charge >= 0.3 is 0 Å². The van der Waals surface area contributed by atoms with Crippen LogP contribution in [0.5, 0.6) is 5.75 Å². The third kappa shape index (κ3) is 1.37. The first-order valence-electron chi connectivity index (χ1n) is 4.44. The Morgan fingerprint density at radius 3 is 2.85 bits per heavy atom. The zero-order chi connectivity index (χ0) is 9.26. The molecule has 1 nitrogen and oxygen atoms in total. The number of benzene rings is 2. The van der Waals surface area contributed by atoms with E-state index in [2.05, 4.69) is 6.07 Å². The molecule has 2 aromatic carbocycles. The zero-order valence-corrected chi connectivity index (χ0v) is 7.54. The Morgan fingerprint density at radius 2 is 2.08 bits per heavy atom. The molecular weight excluding hydrogens is 160 g/mol. The van der Waals surface area contributed by atoms with Crippen LogP contribution in [0.4, 0.5) is 0 Å². The van der Waals surface area contributed by atoms with Crippen molar-refractivity contribution >= 4 is 10.8 Å². The minimum atomic E-state index is 0.279. The van der Waals surface area contributed by atoms with Gasteiger partial charge in [-0.25, -0.2) is 0 Å². The summed E-state index contributed by atoms with van der Waals surface area (Å²) in [5, 5.41) is 11.7. The second-order valence-corrected chi connectivity index (χ2v) is 3.08. The Bertz CT molecular complexity index is 432. The van der Waals surface area contributed by atoms with Crippen LogP contribution in [0, 0.1) is 6.07 Å². The van der Waals surface area contributed by atoms with E-state index in [4.69, 9.17) is 0 Å². The van der Waals surface area contributed by atoms with Crippen molar-refractivity contribution in [1.82, 2.24) is 0 Å². The molecule has 2 aromatic rings. The maximum Gasteiger partial charge on any atom is 0.127 e. The minimum absolute atomic E-state index is 0.279. The van der Waals surface area contributed by atoms with Crippen molar-refractivity contribution < 1.29 is 5.11 Å². The Hall–Kier alpha value is -1.50. The molecule has 0 saturated heterocycles. The average molecular weight is 171 g/mol. The number of phenols is 1. The summed E-state index contributed by atoms with van der Waals surface area (Å²) in [5.41, 5.74) is 0.957. The molecule has 1 radical (unpaired) electrons. The molecule has 2 rings (SSSR count). The van der Waals surface area contributed by atoms with Crippen LogP contribution in [0.2, 0.25) is 0 Å². The van der Waals surface area contributed by atoms with Crippen LogP contribution in [-0.2, 0) is 6.42 Å². The molecule has 0 aliphatic carbocycles. The molecule has 65 valence electrons. The number of aromatic hydroxyl groups is 1. The summed E-state index contributed by atoms with van der Waals surface area (Å²) < 4.78 is 0. The van der Waals surface area contributed by atoms with E-state index in [-0.39, 0.29) is 5.75 Å². The highest BCUT2D eigenvalue weighted by Crippen LogP contribution is 2.24. The van der Waals surface area contributed by atoms with Gasteiger partial charge in [-0.05, 0) is 28.8 Å². The van der Waals surface area contributed by atoms with E-state index in [9.17, 15) is 5.11 Å². The van der Waals surface area contributed by atoms with E-state index < -0.39 is 0 Å². The van der Waals surface area contributed by atoms with Gasteiger partial charge in [-0.15, -0.1) is 0 Å². The molecule has 1 N–H and O–H groups in total. The molecule has 0 aromatic heterocycles. The van der Waals surface area contributed by atoms with Gasteiger partial charge in [0, 0.05) is 6.07 Å². The average Bonchev–Trinajstić information content (AvgIpc) is 2.17. The van der Waals surface area contributed by atoms with Gasteiger partial charge in [-0.1, -0.05) is 31.2 Å². The van der Waals surface area contributed by atoms with Crippen LogP contribution in [-0.4, -0.2) is 5.11 Å². The predicted octanol–water partition coefficient (Wildman–Crippen LogP) is 2.91. The predicted molar refractivity (Wildman–Crippen MR) is 53.8 cm³/mol. The van der Waals surface area contributed by atoms with Crippen LogP contribution >= 0.6 is 0 Å². The topological polar surface area (TPSA) is 20.2 Å². The van der Waals surface area contributed by atoms with Crippen molar-refractivity contribution in [3.63, 3.8) is 0 Å².